The normalized spacial score (nSPS) is 12.7. The molecule has 0 bridgehead atoms. The van der Waals surface area contributed by atoms with Gasteiger partial charge in [0.2, 0.25) is 0 Å². The zero-order valence-electron chi connectivity index (χ0n) is 13.2. The number of alkyl halides is 3. The van der Waals surface area contributed by atoms with Crippen molar-refractivity contribution >= 4 is 22.8 Å². The van der Waals surface area contributed by atoms with Gasteiger partial charge in [-0.05, 0) is 30.2 Å². The van der Waals surface area contributed by atoms with Crippen LogP contribution in [-0.2, 0) is 17.3 Å². The van der Waals surface area contributed by atoms with E-state index >= 15 is 0 Å². The fourth-order valence-electron chi connectivity index (χ4n) is 2.26. The summed E-state index contributed by atoms with van der Waals surface area (Å²) in [6.07, 6.45) is -3.92. The second kappa shape index (κ2) is 7.77. The molecule has 134 valence electrons. The van der Waals surface area contributed by atoms with Crippen LogP contribution in [0.1, 0.15) is 21.5 Å². The van der Waals surface area contributed by atoms with Gasteiger partial charge >= 0.3 is 6.18 Å². The number of hydrogen-bond donors (Lipinski definition) is 1. The number of halogens is 4. The number of anilines is 1. The lowest BCUT2D eigenvalue weighted by molar-refractivity contribution is -0.105. The van der Waals surface area contributed by atoms with E-state index in [4.69, 9.17) is 0 Å². The Labute approximate surface area is 144 Å². The van der Waals surface area contributed by atoms with Crippen LogP contribution in [-0.4, -0.2) is 22.4 Å². The molecule has 2 aromatic rings. The number of aryl methyl sites for hydroxylation is 1. The van der Waals surface area contributed by atoms with Crippen LogP contribution in [0.5, 0.6) is 0 Å². The van der Waals surface area contributed by atoms with Crippen LogP contribution in [0.4, 0.5) is 23.2 Å². The van der Waals surface area contributed by atoms with Gasteiger partial charge in [0, 0.05) is 17.0 Å². The van der Waals surface area contributed by atoms with Crippen molar-refractivity contribution in [2.24, 2.45) is 0 Å². The molecular formula is C17H15F4NO2S. The van der Waals surface area contributed by atoms with E-state index in [9.17, 15) is 26.6 Å². The van der Waals surface area contributed by atoms with E-state index in [-0.39, 0.29) is 22.7 Å². The van der Waals surface area contributed by atoms with E-state index in [2.05, 4.69) is 5.32 Å². The van der Waals surface area contributed by atoms with E-state index in [1.165, 1.54) is 6.92 Å². The highest BCUT2D eigenvalue weighted by Crippen LogP contribution is 2.26. The first-order valence-electron chi connectivity index (χ1n) is 7.23. The van der Waals surface area contributed by atoms with Crippen LogP contribution in [0.3, 0.4) is 0 Å². The number of aldehydes is 1. The molecule has 8 heteroatoms. The molecule has 1 N–H and O–H groups in total. The van der Waals surface area contributed by atoms with Crippen LogP contribution in [0.15, 0.2) is 41.3 Å². The van der Waals surface area contributed by atoms with Crippen molar-refractivity contribution in [1.82, 2.24) is 0 Å². The van der Waals surface area contributed by atoms with E-state index < -0.39 is 28.5 Å². The third-order valence-electron chi connectivity index (χ3n) is 3.46. The van der Waals surface area contributed by atoms with Gasteiger partial charge in [0.15, 0.2) is 0 Å². The summed E-state index contributed by atoms with van der Waals surface area (Å²) in [4.78, 5) is 10.9. The first kappa shape index (κ1) is 19.1. The molecule has 0 fully saturated rings. The van der Waals surface area contributed by atoms with Crippen LogP contribution in [0, 0.1) is 12.7 Å². The SMILES string of the molecule is Cc1cc(F)c(NCc2ccccc2C=O)cc1S(=O)CC(F)(F)F. The minimum Gasteiger partial charge on any atom is -0.379 e. The molecule has 0 radical (unpaired) electrons. The summed E-state index contributed by atoms with van der Waals surface area (Å²) in [5.74, 6) is -2.17. The number of benzene rings is 2. The van der Waals surface area contributed by atoms with Crippen molar-refractivity contribution < 1.29 is 26.6 Å². The second-order valence-corrected chi connectivity index (χ2v) is 6.79. The second-order valence-electron chi connectivity index (χ2n) is 5.37. The molecule has 0 aliphatic carbocycles. The van der Waals surface area contributed by atoms with Gasteiger partial charge in [-0.3, -0.25) is 9.00 Å². The average molecular weight is 373 g/mol. The molecule has 0 amide bonds. The fraction of sp³-hybridized carbons (Fsp3) is 0.235. The molecule has 0 aliphatic rings. The highest BCUT2D eigenvalue weighted by Gasteiger charge is 2.31. The summed E-state index contributed by atoms with van der Waals surface area (Å²) in [5, 5.41) is 2.74. The Morgan fingerprint density at radius 3 is 2.52 bits per heavy atom. The lowest BCUT2D eigenvalue weighted by Crippen LogP contribution is -2.19. The van der Waals surface area contributed by atoms with Gasteiger partial charge in [-0.2, -0.15) is 13.2 Å². The average Bonchev–Trinajstić information content (AvgIpc) is 2.52. The lowest BCUT2D eigenvalue weighted by Gasteiger charge is -2.14. The molecule has 0 aromatic heterocycles. The predicted molar refractivity (Wildman–Crippen MR) is 87.6 cm³/mol. The summed E-state index contributed by atoms with van der Waals surface area (Å²) in [6, 6.07) is 8.82. The maximum absolute atomic E-state index is 14.1. The third-order valence-corrected chi connectivity index (χ3v) is 4.98. The van der Waals surface area contributed by atoms with Crippen molar-refractivity contribution in [1.29, 1.82) is 0 Å². The van der Waals surface area contributed by atoms with Crippen LogP contribution >= 0.6 is 0 Å². The zero-order chi connectivity index (χ0) is 18.6. The maximum Gasteiger partial charge on any atom is 0.400 e. The Morgan fingerprint density at radius 1 is 1.20 bits per heavy atom. The molecule has 0 saturated carbocycles. The van der Waals surface area contributed by atoms with Crippen molar-refractivity contribution in [3.63, 3.8) is 0 Å². The minimum atomic E-state index is -4.58. The quantitative estimate of drug-likeness (QED) is 0.609. The summed E-state index contributed by atoms with van der Waals surface area (Å²) in [7, 11) is -2.32. The first-order valence-corrected chi connectivity index (χ1v) is 8.55. The van der Waals surface area contributed by atoms with Crippen molar-refractivity contribution in [3.8, 4) is 0 Å². The molecule has 1 unspecified atom stereocenters. The maximum atomic E-state index is 14.1. The van der Waals surface area contributed by atoms with Gasteiger partial charge in [0.25, 0.3) is 0 Å². The van der Waals surface area contributed by atoms with E-state index in [0.29, 0.717) is 17.4 Å². The van der Waals surface area contributed by atoms with Gasteiger partial charge in [0.1, 0.15) is 17.9 Å². The van der Waals surface area contributed by atoms with Crippen molar-refractivity contribution in [2.45, 2.75) is 24.5 Å². The number of carbonyl (C=O) groups is 1. The monoisotopic (exact) mass is 373 g/mol. The minimum absolute atomic E-state index is 0.0724. The molecule has 2 rings (SSSR count). The highest BCUT2D eigenvalue weighted by molar-refractivity contribution is 7.85. The first-order chi connectivity index (χ1) is 11.7. The summed E-state index contributed by atoms with van der Waals surface area (Å²) < 4.78 is 63.3. The van der Waals surface area contributed by atoms with E-state index in [0.717, 1.165) is 12.1 Å². The summed E-state index contributed by atoms with van der Waals surface area (Å²) >= 11 is 0. The predicted octanol–water partition coefficient (Wildman–Crippen LogP) is 4.23. The molecule has 0 spiro atoms. The summed E-state index contributed by atoms with van der Waals surface area (Å²) in [5.41, 5.74) is 1.13. The molecular weight excluding hydrogens is 358 g/mol. The number of hydrogen-bond acceptors (Lipinski definition) is 3. The zero-order valence-corrected chi connectivity index (χ0v) is 14.0. The smallest absolute Gasteiger partial charge is 0.379 e. The molecule has 1 atom stereocenters. The van der Waals surface area contributed by atoms with Crippen molar-refractivity contribution in [3.05, 3.63) is 58.9 Å². The van der Waals surface area contributed by atoms with Gasteiger partial charge < -0.3 is 5.32 Å². The Morgan fingerprint density at radius 2 is 1.88 bits per heavy atom. The molecule has 0 saturated heterocycles. The van der Waals surface area contributed by atoms with Crippen LogP contribution in [0.25, 0.3) is 0 Å². The Balaban J connectivity index is 2.25. The number of carbonyl (C=O) groups excluding carboxylic acids is 1. The van der Waals surface area contributed by atoms with E-state index in [1.54, 1.807) is 24.3 Å². The molecule has 25 heavy (non-hydrogen) atoms. The third kappa shape index (κ3) is 5.12. The Kier molecular flexibility index (Phi) is 5.94. The molecule has 0 aliphatic heterocycles. The van der Waals surface area contributed by atoms with Crippen LogP contribution in [0.2, 0.25) is 0 Å². The highest BCUT2D eigenvalue weighted by atomic mass is 32.2. The Hall–Kier alpha value is -2.22. The van der Waals surface area contributed by atoms with Crippen molar-refractivity contribution in [2.75, 3.05) is 11.1 Å². The largest absolute Gasteiger partial charge is 0.400 e. The van der Waals surface area contributed by atoms with Gasteiger partial charge in [0.05, 0.1) is 16.5 Å². The van der Waals surface area contributed by atoms with Gasteiger partial charge in [-0.15, -0.1) is 0 Å². The van der Waals surface area contributed by atoms with E-state index in [1.807, 2.05) is 0 Å². The van der Waals surface area contributed by atoms with Gasteiger partial charge in [-0.1, -0.05) is 24.3 Å². The summed E-state index contributed by atoms with van der Waals surface area (Å²) in [6.45, 7) is 1.50. The fourth-order valence-corrected chi connectivity index (χ4v) is 3.38. The molecule has 3 nitrogen and oxygen atoms in total. The lowest BCUT2D eigenvalue weighted by atomic mass is 10.1. The van der Waals surface area contributed by atoms with Gasteiger partial charge in [-0.25, -0.2) is 4.39 Å². The number of nitrogens with one attached hydrogen (secondary N) is 1. The Bertz CT molecular complexity index is 806. The molecule has 0 heterocycles. The molecule has 2 aromatic carbocycles. The number of rotatable bonds is 6. The topological polar surface area (TPSA) is 46.2 Å². The van der Waals surface area contributed by atoms with Crippen LogP contribution < -0.4 is 5.32 Å². The standard InChI is InChI=1S/C17H15F4NO2S/c1-11-6-14(18)15(7-16(11)25(24)10-17(19,20)21)22-8-12-4-2-3-5-13(12)9-23/h2-7,9,22H,8,10H2,1H3.